The van der Waals surface area contributed by atoms with Crippen molar-refractivity contribution in [2.45, 2.75) is 26.0 Å². The summed E-state index contributed by atoms with van der Waals surface area (Å²) in [5, 5.41) is 6.97. The molecule has 106 valence electrons. The van der Waals surface area contributed by atoms with Gasteiger partial charge in [0.1, 0.15) is 0 Å². The van der Waals surface area contributed by atoms with Crippen LogP contribution in [0.3, 0.4) is 0 Å². The first kappa shape index (κ1) is 14.7. The molecule has 2 rings (SSSR count). The lowest BCUT2D eigenvalue weighted by atomic mass is 10.1. The monoisotopic (exact) mass is 290 g/mol. The number of hydrogen-bond donors (Lipinski definition) is 1. The van der Waals surface area contributed by atoms with Crippen molar-refractivity contribution in [1.82, 2.24) is 5.16 Å². The van der Waals surface area contributed by atoms with Crippen molar-refractivity contribution >= 4 is 23.6 Å². The Hall–Kier alpha value is -1.75. The van der Waals surface area contributed by atoms with Crippen molar-refractivity contribution in [2.75, 3.05) is 11.1 Å². The van der Waals surface area contributed by atoms with E-state index >= 15 is 0 Å². The van der Waals surface area contributed by atoms with E-state index in [0.717, 1.165) is 11.1 Å². The quantitative estimate of drug-likeness (QED) is 0.911. The van der Waals surface area contributed by atoms with Gasteiger partial charge in [-0.25, -0.2) is 0 Å². The van der Waals surface area contributed by atoms with E-state index in [1.54, 1.807) is 18.0 Å². The van der Waals surface area contributed by atoms with Gasteiger partial charge in [0.05, 0.1) is 17.5 Å². The highest BCUT2D eigenvalue weighted by Crippen LogP contribution is 2.28. The van der Waals surface area contributed by atoms with Crippen LogP contribution in [0.1, 0.15) is 19.4 Å². The lowest BCUT2D eigenvalue weighted by molar-refractivity contribution is -0.113. The lowest BCUT2D eigenvalue weighted by Gasteiger charge is -2.06. The van der Waals surface area contributed by atoms with Crippen LogP contribution in [0.15, 0.2) is 35.0 Å². The zero-order chi connectivity index (χ0) is 14.5. The van der Waals surface area contributed by atoms with Crippen molar-refractivity contribution in [1.29, 1.82) is 0 Å². The van der Waals surface area contributed by atoms with Gasteiger partial charge < -0.3 is 4.52 Å². The average Bonchev–Trinajstić information content (AvgIpc) is 2.85. The Kier molecular flexibility index (Phi) is 4.84. The standard InChI is InChI=1S/C15H18N2O2S/c1-10(2)20-9-14(18)17-15-13(8-16-19-15)12-6-4-11(3)5-7-12/h4-8,10H,9H2,1-3H3,(H,17,18). The van der Waals surface area contributed by atoms with Gasteiger partial charge in [0.2, 0.25) is 11.8 Å². The van der Waals surface area contributed by atoms with Crippen molar-refractivity contribution in [3.8, 4) is 11.1 Å². The first-order chi connectivity index (χ1) is 9.56. The molecule has 0 radical (unpaired) electrons. The van der Waals surface area contributed by atoms with Crippen LogP contribution in [-0.2, 0) is 4.79 Å². The van der Waals surface area contributed by atoms with Gasteiger partial charge in [0.25, 0.3) is 0 Å². The van der Waals surface area contributed by atoms with E-state index in [9.17, 15) is 4.79 Å². The summed E-state index contributed by atoms with van der Waals surface area (Å²) in [5.41, 5.74) is 2.96. The lowest BCUT2D eigenvalue weighted by Crippen LogP contribution is -2.15. The summed E-state index contributed by atoms with van der Waals surface area (Å²) in [7, 11) is 0. The van der Waals surface area contributed by atoms with Crippen LogP contribution in [0.2, 0.25) is 0 Å². The molecule has 0 bridgehead atoms. The van der Waals surface area contributed by atoms with Gasteiger partial charge in [-0.05, 0) is 17.7 Å². The highest BCUT2D eigenvalue weighted by atomic mass is 32.2. The number of aromatic nitrogens is 1. The van der Waals surface area contributed by atoms with Crippen LogP contribution in [0, 0.1) is 6.92 Å². The molecule has 1 aromatic carbocycles. The molecule has 2 aromatic rings. The highest BCUT2D eigenvalue weighted by molar-refractivity contribution is 8.00. The number of thioether (sulfide) groups is 1. The number of anilines is 1. The van der Waals surface area contributed by atoms with Crippen LogP contribution in [-0.4, -0.2) is 22.1 Å². The molecule has 4 nitrogen and oxygen atoms in total. The second kappa shape index (κ2) is 6.61. The number of carbonyl (C=O) groups is 1. The number of rotatable bonds is 5. The van der Waals surface area contributed by atoms with E-state index < -0.39 is 0 Å². The minimum atomic E-state index is -0.0752. The number of amides is 1. The summed E-state index contributed by atoms with van der Waals surface area (Å²) in [5.74, 6) is 0.739. The second-order valence-corrected chi connectivity index (χ2v) is 6.41. The van der Waals surface area contributed by atoms with Gasteiger partial charge in [-0.3, -0.25) is 10.1 Å². The summed E-state index contributed by atoms with van der Waals surface area (Å²) in [4.78, 5) is 11.8. The first-order valence-corrected chi connectivity index (χ1v) is 7.54. The Balaban J connectivity index is 2.09. The SMILES string of the molecule is Cc1ccc(-c2cnoc2NC(=O)CSC(C)C)cc1. The van der Waals surface area contributed by atoms with Gasteiger partial charge in [0, 0.05) is 0 Å². The summed E-state index contributed by atoms with van der Waals surface area (Å²) >= 11 is 1.59. The minimum Gasteiger partial charge on any atom is -0.338 e. The molecular weight excluding hydrogens is 272 g/mol. The van der Waals surface area contributed by atoms with E-state index in [-0.39, 0.29) is 5.91 Å². The van der Waals surface area contributed by atoms with E-state index in [2.05, 4.69) is 24.3 Å². The molecule has 0 saturated heterocycles. The zero-order valence-electron chi connectivity index (χ0n) is 11.8. The molecule has 0 atom stereocenters. The zero-order valence-corrected chi connectivity index (χ0v) is 12.7. The van der Waals surface area contributed by atoms with E-state index in [1.807, 2.05) is 31.2 Å². The van der Waals surface area contributed by atoms with Crippen LogP contribution in [0.25, 0.3) is 11.1 Å². The van der Waals surface area contributed by atoms with Gasteiger partial charge in [-0.1, -0.05) is 48.8 Å². The molecule has 0 aliphatic rings. The predicted octanol–water partition coefficient (Wildman–Crippen LogP) is 3.73. The first-order valence-electron chi connectivity index (χ1n) is 6.49. The van der Waals surface area contributed by atoms with Gasteiger partial charge >= 0.3 is 0 Å². The van der Waals surface area contributed by atoms with Crippen molar-refractivity contribution in [3.05, 3.63) is 36.0 Å². The Bertz CT molecular complexity index is 576. The molecule has 1 amide bonds. The van der Waals surface area contributed by atoms with Gasteiger partial charge in [-0.2, -0.15) is 0 Å². The molecule has 5 heteroatoms. The highest BCUT2D eigenvalue weighted by Gasteiger charge is 2.13. The Labute approximate surface area is 122 Å². The van der Waals surface area contributed by atoms with Gasteiger partial charge in [0.15, 0.2) is 0 Å². The number of hydrogen-bond acceptors (Lipinski definition) is 4. The van der Waals surface area contributed by atoms with E-state index in [1.165, 1.54) is 5.56 Å². The van der Waals surface area contributed by atoms with E-state index in [4.69, 9.17) is 4.52 Å². The van der Waals surface area contributed by atoms with Crippen molar-refractivity contribution in [3.63, 3.8) is 0 Å². The fraction of sp³-hybridized carbons (Fsp3) is 0.333. The topological polar surface area (TPSA) is 55.1 Å². The number of aryl methyl sites for hydroxylation is 1. The fourth-order valence-electron chi connectivity index (χ4n) is 1.67. The second-order valence-electron chi connectivity index (χ2n) is 4.84. The predicted molar refractivity (Wildman–Crippen MR) is 82.9 cm³/mol. The Morgan fingerprint density at radius 3 is 2.70 bits per heavy atom. The summed E-state index contributed by atoms with van der Waals surface area (Å²) in [6.45, 7) is 6.15. The maximum absolute atomic E-state index is 11.8. The number of nitrogens with zero attached hydrogens (tertiary/aromatic N) is 1. The molecule has 20 heavy (non-hydrogen) atoms. The maximum Gasteiger partial charge on any atom is 0.239 e. The molecule has 0 aliphatic heterocycles. The van der Waals surface area contributed by atoms with Crippen LogP contribution in [0.5, 0.6) is 0 Å². The molecule has 0 aliphatic carbocycles. The molecule has 0 unspecified atom stereocenters. The molecule has 1 aromatic heterocycles. The smallest absolute Gasteiger partial charge is 0.239 e. The molecule has 0 fully saturated rings. The molecular formula is C15H18N2O2S. The summed E-state index contributed by atoms with van der Waals surface area (Å²) in [6, 6.07) is 8.01. The van der Waals surface area contributed by atoms with Crippen molar-refractivity contribution in [2.24, 2.45) is 0 Å². The fourth-order valence-corrected chi connectivity index (χ4v) is 2.23. The normalized spacial score (nSPS) is 10.8. The third-order valence-corrected chi connectivity index (χ3v) is 3.83. The molecule has 1 heterocycles. The number of nitrogens with one attached hydrogen (secondary N) is 1. The largest absolute Gasteiger partial charge is 0.338 e. The third-order valence-electron chi connectivity index (χ3n) is 2.73. The molecule has 1 N–H and O–H groups in total. The minimum absolute atomic E-state index is 0.0752. The summed E-state index contributed by atoms with van der Waals surface area (Å²) in [6.07, 6.45) is 1.62. The molecule has 0 saturated carbocycles. The average molecular weight is 290 g/mol. The van der Waals surface area contributed by atoms with Crippen LogP contribution in [0.4, 0.5) is 5.88 Å². The summed E-state index contributed by atoms with van der Waals surface area (Å²) < 4.78 is 5.14. The Morgan fingerprint density at radius 2 is 2.05 bits per heavy atom. The van der Waals surface area contributed by atoms with Gasteiger partial charge in [-0.15, -0.1) is 11.8 Å². The number of benzene rings is 1. The van der Waals surface area contributed by atoms with Crippen LogP contribution >= 0.6 is 11.8 Å². The third kappa shape index (κ3) is 3.87. The maximum atomic E-state index is 11.8. The Morgan fingerprint density at radius 1 is 1.35 bits per heavy atom. The molecule has 0 spiro atoms. The van der Waals surface area contributed by atoms with E-state index in [0.29, 0.717) is 16.9 Å². The number of carbonyl (C=O) groups excluding carboxylic acids is 1. The van der Waals surface area contributed by atoms with Crippen LogP contribution < -0.4 is 5.32 Å². The van der Waals surface area contributed by atoms with Crippen molar-refractivity contribution < 1.29 is 9.32 Å².